The Labute approximate surface area is 116 Å². The molecule has 0 aromatic heterocycles. The standard InChI is InChI=1S/C11H17BrN2O3S/c1-11(2,3)14-18(15,16)10-6-8(13)7(12)5-9(10)17-4/h5-6,14H,13H2,1-4H3. The van der Waals surface area contributed by atoms with E-state index >= 15 is 0 Å². The third-order valence-electron chi connectivity index (χ3n) is 2.01. The van der Waals surface area contributed by atoms with Gasteiger partial charge in [-0.2, -0.15) is 0 Å². The van der Waals surface area contributed by atoms with Gasteiger partial charge in [0.15, 0.2) is 0 Å². The van der Waals surface area contributed by atoms with Crippen LogP contribution in [0.3, 0.4) is 0 Å². The Morgan fingerprint density at radius 1 is 1.33 bits per heavy atom. The predicted molar refractivity (Wildman–Crippen MR) is 75.2 cm³/mol. The van der Waals surface area contributed by atoms with Crippen molar-refractivity contribution in [1.82, 2.24) is 4.72 Å². The summed E-state index contributed by atoms with van der Waals surface area (Å²) in [5, 5.41) is 0. The van der Waals surface area contributed by atoms with Crippen LogP contribution in [0.4, 0.5) is 5.69 Å². The molecular formula is C11H17BrN2O3S. The molecule has 1 rings (SSSR count). The number of methoxy groups -OCH3 is 1. The highest BCUT2D eigenvalue weighted by Crippen LogP contribution is 2.32. The van der Waals surface area contributed by atoms with Crippen LogP contribution in [0.15, 0.2) is 21.5 Å². The van der Waals surface area contributed by atoms with Gasteiger partial charge in [0.1, 0.15) is 10.6 Å². The lowest BCUT2D eigenvalue weighted by Gasteiger charge is -2.21. The van der Waals surface area contributed by atoms with Gasteiger partial charge in [0.25, 0.3) is 0 Å². The fraction of sp³-hybridized carbons (Fsp3) is 0.455. The van der Waals surface area contributed by atoms with Crippen molar-refractivity contribution in [2.75, 3.05) is 12.8 Å². The Bertz CT molecular complexity index is 550. The van der Waals surface area contributed by atoms with Crippen molar-refractivity contribution in [3.05, 3.63) is 16.6 Å². The van der Waals surface area contributed by atoms with Gasteiger partial charge in [-0.1, -0.05) is 0 Å². The first-order chi connectivity index (χ1) is 8.07. The van der Waals surface area contributed by atoms with Crippen molar-refractivity contribution in [3.63, 3.8) is 0 Å². The number of nitrogens with one attached hydrogen (secondary N) is 1. The van der Waals surface area contributed by atoms with Crippen LogP contribution in [0.2, 0.25) is 0 Å². The monoisotopic (exact) mass is 336 g/mol. The average molecular weight is 337 g/mol. The van der Waals surface area contributed by atoms with Gasteiger partial charge in [-0.25, -0.2) is 13.1 Å². The Morgan fingerprint density at radius 2 is 1.89 bits per heavy atom. The molecule has 1 aromatic carbocycles. The van der Waals surface area contributed by atoms with Crippen LogP contribution < -0.4 is 15.2 Å². The zero-order valence-corrected chi connectivity index (χ0v) is 13.1. The number of halogens is 1. The zero-order valence-electron chi connectivity index (χ0n) is 10.7. The van der Waals surface area contributed by atoms with E-state index in [9.17, 15) is 8.42 Å². The van der Waals surface area contributed by atoms with Crippen LogP contribution >= 0.6 is 15.9 Å². The summed E-state index contributed by atoms with van der Waals surface area (Å²) in [6.07, 6.45) is 0. The molecule has 0 saturated carbocycles. The Hall–Kier alpha value is -0.790. The van der Waals surface area contributed by atoms with E-state index in [2.05, 4.69) is 20.7 Å². The second kappa shape index (κ2) is 5.07. The van der Waals surface area contributed by atoms with Crippen LogP contribution in [-0.4, -0.2) is 21.1 Å². The van der Waals surface area contributed by atoms with E-state index in [4.69, 9.17) is 10.5 Å². The smallest absolute Gasteiger partial charge is 0.244 e. The largest absolute Gasteiger partial charge is 0.495 e. The fourth-order valence-corrected chi connectivity index (χ4v) is 3.31. The van der Waals surface area contributed by atoms with E-state index in [0.717, 1.165) is 0 Å². The van der Waals surface area contributed by atoms with Crippen molar-refractivity contribution >= 4 is 31.6 Å². The first-order valence-electron chi connectivity index (χ1n) is 5.24. The number of ether oxygens (including phenoxy) is 1. The third kappa shape index (κ3) is 3.60. The van der Waals surface area contributed by atoms with Crippen molar-refractivity contribution in [2.45, 2.75) is 31.2 Å². The molecule has 0 heterocycles. The normalized spacial score (nSPS) is 12.5. The molecule has 0 bridgehead atoms. The van der Waals surface area contributed by atoms with Gasteiger partial charge in [0.05, 0.1) is 7.11 Å². The van der Waals surface area contributed by atoms with E-state index in [1.54, 1.807) is 20.8 Å². The summed E-state index contributed by atoms with van der Waals surface area (Å²) in [5.41, 5.74) is 5.47. The lowest BCUT2D eigenvalue weighted by atomic mass is 10.1. The molecule has 7 heteroatoms. The molecule has 0 aliphatic carbocycles. The molecule has 18 heavy (non-hydrogen) atoms. The molecule has 0 radical (unpaired) electrons. The molecule has 0 spiro atoms. The Morgan fingerprint density at radius 3 is 2.33 bits per heavy atom. The minimum Gasteiger partial charge on any atom is -0.495 e. The lowest BCUT2D eigenvalue weighted by Crippen LogP contribution is -2.40. The van der Waals surface area contributed by atoms with Crippen LogP contribution in [0.1, 0.15) is 20.8 Å². The highest BCUT2D eigenvalue weighted by molar-refractivity contribution is 9.10. The molecule has 0 saturated heterocycles. The van der Waals surface area contributed by atoms with Gasteiger partial charge in [-0.15, -0.1) is 0 Å². The van der Waals surface area contributed by atoms with E-state index in [0.29, 0.717) is 10.2 Å². The zero-order chi connectivity index (χ0) is 14.1. The molecule has 3 N–H and O–H groups in total. The number of hydrogen-bond donors (Lipinski definition) is 2. The average Bonchev–Trinajstić information content (AvgIpc) is 2.17. The number of sulfonamides is 1. The second-order valence-corrected chi connectivity index (χ2v) is 7.39. The van der Waals surface area contributed by atoms with Gasteiger partial charge in [0.2, 0.25) is 10.0 Å². The molecule has 0 aliphatic rings. The van der Waals surface area contributed by atoms with Crippen LogP contribution in [0.25, 0.3) is 0 Å². The number of benzene rings is 1. The summed E-state index contributed by atoms with van der Waals surface area (Å²) in [7, 11) is -2.27. The minimum atomic E-state index is -3.68. The number of anilines is 1. The second-order valence-electron chi connectivity index (χ2n) is 4.88. The SMILES string of the molecule is COc1cc(Br)c(N)cc1S(=O)(=O)NC(C)(C)C. The molecular weight excluding hydrogens is 320 g/mol. The minimum absolute atomic E-state index is 0.0284. The van der Waals surface area contributed by atoms with Crippen molar-refractivity contribution in [2.24, 2.45) is 0 Å². The summed E-state index contributed by atoms with van der Waals surface area (Å²) in [6, 6.07) is 2.91. The quantitative estimate of drug-likeness (QED) is 0.828. The maximum absolute atomic E-state index is 12.2. The fourth-order valence-electron chi connectivity index (χ4n) is 1.38. The highest BCUT2D eigenvalue weighted by atomic mass is 79.9. The maximum Gasteiger partial charge on any atom is 0.244 e. The van der Waals surface area contributed by atoms with Crippen molar-refractivity contribution in [1.29, 1.82) is 0 Å². The number of hydrogen-bond acceptors (Lipinski definition) is 4. The molecule has 1 aromatic rings. The van der Waals surface area contributed by atoms with Gasteiger partial charge in [-0.3, -0.25) is 0 Å². The molecule has 0 amide bonds. The van der Waals surface area contributed by atoms with Crippen molar-refractivity contribution < 1.29 is 13.2 Å². The molecule has 102 valence electrons. The maximum atomic E-state index is 12.2. The molecule has 0 unspecified atom stereocenters. The van der Waals surface area contributed by atoms with E-state index < -0.39 is 15.6 Å². The van der Waals surface area contributed by atoms with E-state index in [1.165, 1.54) is 19.2 Å². The van der Waals surface area contributed by atoms with Crippen LogP contribution in [0, 0.1) is 0 Å². The Kier molecular flexibility index (Phi) is 4.30. The summed E-state index contributed by atoms with van der Waals surface area (Å²) >= 11 is 3.23. The highest BCUT2D eigenvalue weighted by Gasteiger charge is 2.26. The number of nitrogens with two attached hydrogens (primary N) is 1. The topological polar surface area (TPSA) is 81.4 Å². The van der Waals surface area contributed by atoms with Crippen LogP contribution in [0.5, 0.6) is 5.75 Å². The van der Waals surface area contributed by atoms with Crippen molar-refractivity contribution in [3.8, 4) is 5.75 Å². The van der Waals surface area contributed by atoms with E-state index in [1.807, 2.05) is 0 Å². The van der Waals surface area contributed by atoms with Gasteiger partial charge < -0.3 is 10.5 Å². The first kappa shape index (κ1) is 15.3. The van der Waals surface area contributed by atoms with Gasteiger partial charge in [0, 0.05) is 15.7 Å². The molecule has 5 nitrogen and oxygen atoms in total. The predicted octanol–water partition coefficient (Wildman–Crippen LogP) is 2.12. The number of rotatable bonds is 3. The molecule has 0 atom stereocenters. The van der Waals surface area contributed by atoms with Gasteiger partial charge >= 0.3 is 0 Å². The first-order valence-corrected chi connectivity index (χ1v) is 7.51. The molecule has 0 aliphatic heterocycles. The Balaban J connectivity index is 3.36. The third-order valence-corrected chi connectivity index (χ3v) is 4.48. The van der Waals surface area contributed by atoms with E-state index in [-0.39, 0.29) is 10.6 Å². The molecule has 0 fully saturated rings. The van der Waals surface area contributed by atoms with Crippen LogP contribution in [-0.2, 0) is 10.0 Å². The summed E-state index contributed by atoms with van der Waals surface area (Å²) in [6.45, 7) is 5.29. The number of nitrogen functional groups attached to an aromatic ring is 1. The summed E-state index contributed by atoms with van der Waals surface area (Å²) in [4.78, 5) is 0.0284. The summed E-state index contributed by atoms with van der Waals surface area (Å²) < 4.78 is 32.7. The lowest BCUT2D eigenvalue weighted by molar-refractivity contribution is 0.401. The van der Waals surface area contributed by atoms with Gasteiger partial charge in [-0.05, 0) is 48.8 Å². The summed E-state index contributed by atoms with van der Waals surface area (Å²) in [5.74, 6) is 0.243.